The van der Waals surface area contributed by atoms with Gasteiger partial charge in [-0.25, -0.2) is 0 Å². The molecule has 1 atom stereocenters. The molecule has 5 N–H and O–H groups in total. The van der Waals surface area contributed by atoms with Gasteiger partial charge in [0, 0.05) is 55.8 Å². The topological polar surface area (TPSA) is 161 Å². The van der Waals surface area contributed by atoms with Crippen molar-refractivity contribution in [3.8, 4) is 28.7 Å². The van der Waals surface area contributed by atoms with Crippen LogP contribution in [0.1, 0.15) is 45.4 Å². The van der Waals surface area contributed by atoms with E-state index in [1.807, 2.05) is 12.1 Å². The van der Waals surface area contributed by atoms with Gasteiger partial charge in [-0.3, -0.25) is 9.88 Å². The highest BCUT2D eigenvalue weighted by molar-refractivity contribution is 6.32. The quantitative estimate of drug-likeness (QED) is 0.0922. The Hall–Kier alpha value is -4.09. The minimum absolute atomic E-state index is 0.106. The zero-order chi connectivity index (χ0) is 37.1. The van der Waals surface area contributed by atoms with E-state index in [0.717, 1.165) is 52.9 Å². The maximum absolute atomic E-state index is 9.82. The van der Waals surface area contributed by atoms with Crippen molar-refractivity contribution in [1.82, 2.24) is 15.2 Å². The summed E-state index contributed by atoms with van der Waals surface area (Å²) in [7, 11) is 0. The maximum atomic E-state index is 9.82. The molecule has 3 aromatic carbocycles. The molecule has 12 heteroatoms. The fraction of sp³-hybridized carbons (Fsp3) is 0.400. The Morgan fingerprint density at radius 3 is 2.21 bits per heavy atom. The number of nitrogens with one attached hydrogen (secondary N) is 1. The molecule has 0 bridgehead atoms. The number of hydrogen-bond donors (Lipinski definition) is 5. The molecule has 4 aromatic rings. The van der Waals surface area contributed by atoms with Crippen LogP contribution in [0.25, 0.3) is 11.1 Å². The fourth-order valence-corrected chi connectivity index (χ4v) is 6.40. The number of aliphatic hydroxyl groups is 4. The van der Waals surface area contributed by atoms with Gasteiger partial charge < -0.3 is 40.0 Å². The van der Waals surface area contributed by atoms with Gasteiger partial charge in [-0.05, 0) is 65.8 Å². The second kappa shape index (κ2) is 18.6. The van der Waals surface area contributed by atoms with E-state index in [2.05, 4.69) is 59.4 Å². The molecule has 1 aliphatic rings. The highest BCUT2D eigenvalue weighted by Crippen LogP contribution is 2.36. The van der Waals surface area contributed by atoms with Gasteiger partial charge in [0.2, 0.25) is 0 Å². The zero-order valence-electron chi connectivity index (χ0n) is 29.6. The molecule has 5 rings (SSSR count). The lowest BCUT2D eigenvalue weighted by molar-refractivity contribution is 0.0412. The molecule has 1 aliphatic heterocycles. The summed E-state index contributed by atoms with van der Waals surface area (Å²) in [6, 6.07) is 19.5. The summed E-state index contributed by atoms with van der Waals surface area (Å²) in [5.74, 6) is 0.820. The summed E-state index contributed by atoms with van der Waals surface area (Å²) in [6.07, 6.45) is 3.67. The van der Waals surface area contributed by atoms with E-state index < -0.39 is 25.4 Å². The number of aromatic nitrogens is 1. The van der Waals surface area contributed by atoms with Crippen molar-refractivity contribution < 1.29 is 34.6 Å². The van der Waals surface area contributed by atoms with Gasteiger partial charge in [0.05, 0.1) is 55.3 Å². The average molecular weight is 731 g/mol. The molecule has 276 valence electrons. The number of nitriles is 1. The predicted octanol–water partition coefficient (Wildman–Crippen LogP) is 4.44. The van der Waals surface area contributed by atoms with Crippen molar-refractivity contribution >= 4 is 11.6 Å². The van der Waals surface area contributed by atoms with Crippen LogP contribution in [0.4, 0.5) is 0 Å². The van der Waals surface area contributed by atoms with Crippen molar-refractivity contribution in [3.63, 3.8) is 0 Å². The van der Waals surface area contributed by atoms with Crippen molar-refractivity contribution in [2.45, 2.75) is 58.3 Å². The number of nitrogens with zero attached hydrogens (tertiary/aromatic N) is 3. The second-order valence-corrected chi connectivity index (χ2v) is 13.7. The molecule has 0 amide bonds. The van der Waals surface area contributed by atoms with E-state index in [1.165, 1.54) is 6.20 Å². The van der Waals surface area contributed by atoms with E-state index in [9.17, 15) is 25.7 Å². The van der Waals surface area contributed by atoms with Crippen molar-refractivity contribution in [2.24, 2.45) is 0 Å². The number of likely N-dealkylation sites (tertiary alicyclic amines) is 1. The number of aliphatic hydroxyl groups excluding tert-OH is 4. The summed E-state index contributed by atoms with van der Waals surface area (Å²) in [4.78, 5) is 6.34. The lowest BCUT2D eigenvalue weighted by Crippen LogP contribution is -2.54. The molecule has 1 aromatic heterocycles. The van der Waals surface area contributed by atoms with Crippen LogP contribution in [0.15, 0.2) is 67.0 Å². The first-order valence-corrected chi connectivity index (χ1v) is 17.7. The SMILES string of the molecule is Cc1c(COCCN2CCC(O)C2)cccc1-c1cccc(COc2cc(OCc3cncc(C#N)c3)c(CNC(CO)(CO)CO)cc2Cl)c1C. The molecule has 11 nitrogen and oxygen atoms in total. The van der Waals surface area contributed by atoms with E-state index in [1.54, 1.807) is 24.4 Å². The fourth-order valence-electron chi connectivity index (χ4n) is 6.16. The molecule has 1 fully saturated rings. The minimum atomic E-state index is -1.31. The Morgan fingerprint density at radius 1 is 0.904 bits per heavy atom. The normalized spacial score (nSPS) is 14.8. The van der Waals surface area contributed by atoms with Crippen molar-refractivity contribution in [2.75, 3.05) is 46.1 Å². The predicted molar refractivity (Wildman–Crippen MR) is 198 cm³/mol. The minimum Gasteiger partial charge on any atom is -0.488 e. The summed E-state index contributed by atoms with van der Waals surface area (Å²) < 4.78 is 18.5. The van der Waals surface area contributed by atoms with Crippen LogP contribution in [0.2, 0.25) is 5.02 Å². The zero-order valence-corrected chi connectivity index (χ0v) is 30.4. The number of halogens is 1. The van der Waals surface area contributed by atoms with Crippen LogP contribution in [0.5, 0.6) is 11.5 Å². The average Bonchev–Trinajstić information content (AvgIpc) is 3.59. The monoisotopic (exact) mass is 730 g/mol. The number of β-amino-alcohol motifs (C(OH)–C–C–N with tert-alkyl or cyclic N) is 1. The van der Waals surface area contributed by atoms with Crippen molar-refractivity contribution in [3.05, 3.63) is 111 Å². The van der Waals surface area contributed by atoms with Gasteiger partial charge in [0.1, 0.15) is 30.8 Å². The third-order valence-electron chi connectivity index (χ3n) is 9.62. The van der Waals surface area contributed by atoms with E-state index in [-0.39, 0.29) is 25.9 Å². The first-order chi connectivity index (χ1) is 25.2. The van der Waals surface area contributed by atoms with Gasteiger partial charge >= 0.3 is 0 Å². The highest BCUT2D eigenvalue weighted by atomic mass is 35.5. The van der Waals surface area contributed by atoms with Crippen LogP contribution in [-0.4, -0.2) is 88.0 Å². The molecule has 1 unspecified atom stereocenters. The van der Waals surface area contributed by atoms with Gasteiger partial charge in [0.15, 0.2) is 0 Å². The third-order valence-corrected chi connectivity index (χ3v) is 9.91. The molecule has 0 radical (unpaired) electrons. The van der Waals surface area contributed by atoms with Gasteiger partial charge in [-0.1, -0.05) is 48.0 Å². The first kappa shape index (κ1) is 39.1. The van der Waals surface area contributed by atoms with E-state index in [0.29, 0.717) is 53.0 Å². The smallest absolute Gasteiger partial charge is 0.142 e. The van der Waals surface area contributed by atoms with Crippen LogP contribution >= 0.6 is 11.6 Å². The Balaban J connectivity index is 1.32. The number of ether oxygens (including phenoxy) is 3. The number of benzene rings is 3. The van der Waals surface area contributed by atoms with E-state index >= 15 is 0 Å². The van der Waals surface area contributed by atoms with Crippen LogP contribution in [0.3, 0.4) is 0 Å². The molecule has 0 aliphatic carbocycles. The van der Waals surface area contributed by atoms with Crippen LogP contribution in [-0.2, 0) is 31.1 Å². The Labute approximate surface area is 310 Å². The Morgan fingerprint density at radius 2 is 1.58 bits per heavy atom. The molecule has 0 saturated carbocycles. The summed E-state index contributed by atoms with van der Waals surface area (Å²) >= 11 is 6.75. The Kier molecular flexibility index (Phi) is 14.0. The summed E-state index contributed by atoms with van der Waals surface area (Å²) in [5, 5.41) is 51.9. The van der Waals surface area contributed by atoms with Crippen LogP contribution < -0.4 is 14.8 Å². The standard InChI is InChI=1S/C40H47ClN4O7/c1-27-31(22-50-12-11-45-10-9-34(49)20-45)5-3-7-35(27)36-8-4-6-32(28(36)2)23-52-39-15-38(51-21-30-13-29(16-42)17-43-18-30)33(14-37(39)41)19-44-40(24-46,25-47)26-48/h3-8,13-15,17-18,34,44,46-49H,9-12,19-26H2,1-2H3. The molecular formula is C40H47ClN4O7. The maximum Gasteiger partial charge on any atom is 0.142 e. The van der Waals surface area contributed by atoms with Crippen LogP contribution in [0, 0.1) is 25.2 Å². The van der Waals surface area contributed by atoms with Gasteiger partial charge in [-0.15, -0.1) is 0 Å². The third kappa shape index (κ3) is 9.86. The molecule has 0 spiro atoms. The molecule has 2 heterocycles. The lowest BCUT2D eigenvalue weighted by Gasteiger charge is -2.29. The first-order valence-electron chi connectivity index (χ1n) is 17.3. The van der Waals surface area contributed by atoms with E-state index in [4.69, 9.17) is 25.8 Å². The molecular weight excluding hydrogens is 684 g/mol. The lowest BCUT2D eigenvalue weighted by atomic mass is 9.92. The number of hydrogen-bond acceptors (Lipinski definition) is 11. The highest BCUT2D eigenvalue weighted by Gasteiger charge is 2.28. The summed E-state index contributed by atoms with van der Waals surface area (Å²) in [6.45, 7) is 6.72. The molecule has 1 saturated heterocycles. The number of rotatable bonds is 18. The summed E-state index contributed by atoms with van der Waals surface area (Å²) in [5.41, 5.74) is 6.93. The largest absolute Gasteiger partial charge is 0.488 e. The number of pyridine rings is 1. The second-order valence-electron chi connectivity index (χ2n) is 13.2. The molecule has 52 heavy (non-hydrogen) atoms. The Bertz CT molecular complexity index is 1840. The van der Waals surface area contributed by atoms with Gasteiger partial charge in [0.25, 0.3) is 0 Å². The van der Waals surface area contributed by atoms with Gasteiger partial charge in [-0.2, -0.15) is 5.26 Å². The van der Waals surface area contributed by atoms with Crippen molar-refractivity contribution in [1.29, 1.82) is 5.26 Å².